The number of hydrogen-bond acceptors (Lipinski definition) is 4. The zero-order chi connectivity index (χ0) is 14.3. The maximum absolute atomic E-state index is 11.6. The van der Waals surface area contributed by atoms with E-state index in [0.29, 0.717) is 11.4 Å². The molecule has 6 heteroatoms. The van der Waals surface area contributed by atoms with Gasteiger partial charge in [0.25, 0.3) is 0 Å². The first-order chi connectivity index (χ1) is 9.02. The van der Waals surface area contributed by atoms with E-state index in [-0.39, 0.29) is 25.0 Å². The Balaban J connectivity index is 2.47. The fourth-order valence-electron chi connectivity index (χ4n) is 1.29. The highest BCUT2D eigenvalue weighted by Gasteiger charge is 2.09. The average Bonchev–Trinajstić information content (AvgIpc) is 2.39. The number of carbonyl (C=O) groups excluding carboxylic acids is 2. The number of primary amides is 1. The minimum atomic E-state index is -0.398. The number of nitrogens with two attached hydrogens (primary N) is 1. The smallest absolute Gasteiger partial charge is 0.241 e. The summed E-state index contributed by atoms with van der Waals surface area (Å²) in [6.45, 7) is 2.02. The lowest BCUT2D eigenvalue weighted by molar-refractivity contribution is -0.119. The van der Waals surface area contributed by atoms with Crippen LogP contribution in [0.25, 0.3) is 0 Å². The van der Waals surface area contributed by atoms with Crippen LogP contribution in [-0.4, -0.2) is 31.5 Å². The third-order valence-corrected chi connectivity index (χ3v) is 2.57. The first-order valence-corrected chi connectivity index (χ1v) is 6.02. The second-order valence-electron chi connectivity index (χ2n) is 4.09. The highest BCUT2D eigenvalue weighted by molar-refractivity contribution is 5.94. The van der Waals surface area contributed by atoms with Crippen molar-refractivity contribution in [3.63, 3.8) is 0 Å². The van der Waals surface area contributed by atoms with Crippen molar-refractivity contribution in [2.45, 2.75) is 19.4 Å². The number of amides is 2. The summed E-state index contributed by atoms with van der Waals surface area (Å²) in [7, 11) is 1.72. The van der Waals surface area contributed by atoms with Gasteiger partial charge >= 0.3 is 0 Å². The van der Waals surface area contributed by atoms with Gasteiger partial charge in [0.1, 0.15) is 5.75 Å². The molecular weight excluding hydrogens is 246 g/mol. The van der Waals surface area contributed by atoms with Gasteiger partial charge in [-0.15, -0.1) is 0 Å². The largest absolute Gasteiger partial charge is 0.493 e. The van der Waals surface area contributed by atoms with Gasteiger partial charge in [-0.25, -0.2) is 0 Å². The van der Waals surface area contributed by atoms with E-state index in [1.54, 1.807) is 38.2 Å². The summed E-state index contributed by atoms with van der Waals surface area (Å²) < 4.78 is 5.32. The number of carbonyl (C=O) groups is 2. The number of anilines is 1. The van der Waals surface area contributed by atoms with Gasteiger partial charge in [0.15, 0.2) is 0 Å². The maximum Gasteiger partial charge on any atom is 0.241 e. The molecular formula is C13H19N3O3. The zero-order valence-electron chi connectivity index (χ0n) is 11.1. The number of rotatable bonds is 7. The summed E-state index contributed by atoms with van der Waals surface area (Å²) in [5, 5.41) is 5.62. The highest BCUT2D eigenvalue weighted by atomic mass is 16.5. The van der Waals surface area contributed by atoms with E-state index < -0.39 is 5.91 Å². The van der Waals surface area contributed by atoms with Gasteiger partial charge in [-0.3, -0.25) is 9.59 Å². The maximum atomic E-state index is 11.6. The van der Waals surface area contributed by atoms with Crippen molar-refractivity contribution in [2.75, 3.05) is 19.0 Å². The van der Waals surface area contributed by atoms with Crippen LogP contribution in [0.2, 0.25) is 0 Å². The van der Waals surface area contributed by atoms with Crippen LogP contribution < -0.4 is 21.1 Å². The molecule has 0 heterocycles. The van der Waals surface area contributed by atoms with E-state index in [1.165, 1.54) is 0 Å². The van der Waals surface area contributed by atoms with Crippen LogP contribution in [0.4, 0.5) is 5.69 Å². The minimum absolute atomic E-state index is 0.107. The molecule has 2 amide bonds. The lowest BCUT2D eigenvalue weighted by atomic mass is 10.2. The predicted octanol–water partition coefficient (Wildman–Crippen LogP) is 0.487. The highest BCUT2D eigenvalue weighted by Crippen LogP contribution is 2.16. The van der Waals surface area contributed by atoms with Crippen LogP contribution in [0.1, 0.15) is 13.3 Å². The Hall–Kier alpha value is -2.08. The number of ether oxygens (including phenoxy) is 1. The molecule has 0 spiro atoms. The number of hydrogen-bond donors (Lipinski definition) is 3. The topological polar surface area (TPSA) is 93.4 Å². The molecule has 0 aliphatic rings. The van der Waals surface area contributed by atoms with E-state index in [4.69, 9.17) is 10.5 Å². The van der Waals surface area contributed by atoms with Gasteiger partial charge in [-0.1, -0.05) is 0 Å². The van der Waals surface area contributed by atoms with E-state index >= 15 is 0 Å². The second kappa shape index (κ2) is 7.38. The number of likely N-dealkylation sites (N-methyl/N-ethyl adjacent to an activating group) is 1. The van der Waals surface area contributed by atoms with E-state index in [9.17, 15) is 9.59 Å². The molecule has 0 saturated carbocycles. The molecule has 19 heavy (non-hydrogen) atoms. The minimum Gasteiger partial charge on any atom is -0.493 e. The summed E-state index contributed by atoms with van der Waals surface area (Å²) in [4.78, 5) is 22.2. The lowest BCUT2D eigenvalue weighted by Crippen LogP contribution is -2.35. The van der Waals surface area contributed by atoms with Crippen molar-refractivity contribution in [1.82, 2.24) is 5.32 Å². The molecule has 4 N–H and O–H groups in total. The van der Waals surface area contributed by atoms with Gasteiger partial charge in [-0.2, -0.15) is 0 Å². The summed E-state index contributed by atoms with van der Waals surface area (Å²) in [6.07, 6.45) is 0.179. The second-order valence-corrected chi connectivity index (χ2v) is 4.09. The molecule has 0 radical (unpaired) electrons. The fourth-order valence-corrected chi connectivity index (χ4v) is 1.29. The molecule has 0 aliphatic heterocycles. The summed E-state index contributed by atoms with van der Waals surface area (Å²) in [5.74, 6) is 0.121. The molecule has 104 valence electrons. The third kappa shape index (κ3) is 5.39. The van der Waals surface area contributed by atoms with Gasteiger partial charge in [0, 0.05) is 5.69 Å². The Kier molecular flexibility index (Phi) is 5.81. The molecule has 0 aromatic heterocycles. The Morgan fingerprint density at radius 2 is 1.95 bits per heavy atom. The van der Waals surface area contributed by atoms with Crippen molar-refractivity contribution in [2.24, 2.45) is 5.73 Å². The molecule has 6 nitrogen and oxygen atoms in total. The van der Waals surface area contributed by atoms with Gasteiger partial charge in [0.05, 0.1) is 19.1 Å². The Morgan fingerprint density at radius 3 is 2.47 bits per heavy atom. The van der Waals surface area contributed by atoms with Crippen LogP contribution in [0.15, 0.2) is 24.3 Å². The van der Waals surface area contributed by atoms with Crippen LogP contribution in [-0.2, 0) is 9.59 Å². The molecule has 0 bridgehead atoms. The standard InChI is InChI=1S/C13H19N3O3/c1-9(15-2)13(18)16-10-3-5-11(6-4-10)19-8-7-12(14)17/h3-6,9,15H,7-8H2,1-2H3,(H2,14,17)(H,16,18). The van der Waals surface area contributed by atoms with Gasteiger partial charge < -0.3 is 21.1 Å². The average molecular weight is 265 g/mol. The molecule has 0 fully saturated rings. The number of nitrogens with one attached hydrogen (secondary N) is 2. The van der Waals surface area contributed by atoms with Crippen molar-refractivity contribution < 1.29 is 14.3 Å². The third-order valence-electron chi connectivity index (χ3n) is 2.57. The van der Waals surface area contributed by atoms with Crippen molar-refractivity contribution in [1.29, 1.82) is 0 Å². The summed E-state index contributed by atoms with van der Waals surface area (Å²) >= 11 is 0. The molecule has 1 unspecified atom stereocenters. The van der Waals surface area contributed by atoms with E-state index in [2.05, 4.69) is 10.6 Å². The normalized spacial score (nSPS) is 11.7. The number of benzene rings is 1. The quantitative estimate of drug-likeness (QED) is 0.668. The van der Waals surface area contributed by atoms with Crippen molar-refractivity contribution in [3.8, 4) is 5.75 Å². The Morgan fingerprint density at radius 1 is 1.32 bits per heavy atom. The summed E-state index contributed by atoms with van der Waals surface area (Å²) in [5.41, 5.74) is 5.69. The molecule has 1 aromatic rings. The van der Waals surface area contributed by atoms with E-state index in [0.717, 1.165) is 0 Å². The SMILES string of the molecule is CNC(C)C(=O)Nc1ccc(OCCC(N)=O)cc1. The molecule has 0 aliphatic carbocycles. The Bertz CT molecular complexity index is 431. The van der Waals surface area contributed by atoms with Crippen LogP contribution in [0.5, 0.6) is 5.75 Å². The van der Waals surface area contributed by atoms with Crippen LogP contribution in [0.3, 0.4) is 0 Å². The van der Waals surface area contributed by atoms with Crippen LogP contribution >= 0.6 is 0 Å². The van der Waals surface area contributed by atoms with Gasteiger partial charge in [0.2, 0.25) is 11.8 Å². The van der Waals surface area contributed by atoms with Gasteiger partial charge in [-0.05, 0) is 38.2 Å². The lowest BCUT2D eigenvalue weighted by Gasteiger charge is -2.11. The predicted molar refractivity (Wildman–Crippen MR) is 72.9 cm³/mol. The molecule has 1 aromatic carbocycles. The molecule has 1 rings (SSSR count). The molecule has 1 atom stereocenters. The summed E-state index contributed by atoms with van der Waals surface area (Å²) in [6, 6.07) is 6.66. The molecule has 0 saturated heterocycles. The van der Waals surface area contributed by atoms with Crippen LogP contribution in [0, 0.1) is 0 Å². The van der Waals surface area contributed by atoms with Crippen molar-refractivity contribution in [3.05, 3.63) is 24.3 Å². The van der Waals surface area contributed by atoms with E-state index in [1.807, 2.05) is 0 Å². The fraction of sp³-hybridized carbons (Fsp3) is 0.385. The monoisotopic (exact) mass is 265 g/mol. The first-order valence-electron chi connectivity index (χ1n) is 6.02. The Labute approximate surface area is 112 Å². The van der Waals surface area contributed by atoms with Crippen molar-refractivity contribution >= 4 is 17.5 Å². The first kappa shape index (κ1) is 15.0. The zero-order valence-corrected chi connectivity index (χ0v) is 11.1.